The maximum absolute atomic E-state index is 12.2. The minimum atomic E-state index is -0.101. The Balaban J connectivity index is 2.00. The smallest absolute Gasteiger partial charge is 0.321 e. The van der Waals surface area contributed by atoms with Gasteiger partial charge in [0.15, 0.2) is 0 Å². The maximum atomic E-state index is 12.2. The number of hydrogen-bond acceptors (Lipinski definition) is 3. The summed E-state index contributed by atoms with van der Waals surface area (Å²) in [6, 6.07) is 5.47. The fraction of sp³-hybridized carbons (Fsp3) is 0.533. The van der Waals surface area contributed by atoms with E-state index in [1.165, 1.54) is 0 Å². The summed E-state index contributed by atoms with van der Waals surface area (Å²) in [4.78, 5) is 14.0. The number of nitrogens with zero attached hydrogens (tertiary/aromatic N) is 1. The molecule has 0 aromatic heterocycles. The summed E-state index contributed by atoms with van der Waals surface area (Å²) in [5.74, 6) is 0.977. The molecule has 1 aromatic carbocycles. The molecule has 0 aliphatic carbocycles. The van der Waals surface area contributed by atoms with Crippen molar-refractivity contribution in [2.24, 2.45) is 5.92 Å². The van der Waals surface area contributed by atoms with Gasteiger partial charge in [-0.3, -0.25) is 0 Å². The third kappa shape index (κ3) is 3.42. The molecule has 20 heavy (non-hydrogen) atoms. The molecule has 0 saturated carbocycles. The van der Waals surface area contributed by atoms with Crippen LogP contribution in [0.4, 0.5) is 10.5 Å². The number of methoxy groups -OCH3 is 1. The third-order valence-electron chi connectivity index (χ3n) is 3.74. The first kappa shape index (κ1) is 14.7. The van der Waals surface area contributed by atoms with Crippen LogP contribution in [-0.2, 0) is 0 Å². The van der Waals surface area contributed by atoms with Gasteiger partial charge in [-0.15, -0.1) is 0 Å². The number of aliphatic hydroxyl groups is 1. The van der Waals surface area contributed by atoms with E-state index in [1.807, 2.05) is 25.1 Å². The number of aliphatic hydroxyl groups excluding tert-OH is 1. The second-order valence-electron chi connectivity index (χ2n) is 5.25. The number of aryl methyl sites for hydroxylation is 1. The average molecular weight is 278 g/mol. The summed E-state index contributed by atoms with van der Waals surface area (Å²) in [5, 5.41) is 12.1. The van der Waals surface area contributed by atoms with Crippen LogP contribution in [0.2, 0.25) is 0 Å². The highest BCUT2D eigenvalue weighted by atomic mass is 16.5. The average Bonchev–Trinajstić information content (AvgIpc) is 2.49. The first-order chi connectivity index (χ1) is 9.63. The molecule has 1 heterocycles. The summed E-state index contributed by atoms with van der Waals surface area (Å²) in [6.07, 6.45) is 1.93. The number of hydrogen-bond donors (Lipinski definition) is 2. The zero-order valence-corrected chi connectivity index (χ0v) is 12.1. The molecule has 1 atom stereocenters. The molecule has 0 bridgehead atoms. The molecule has 5 heteroatoms. The Morgan fingerprint density at radius 1 is 1.55 bits per heavy atom. The first-order valence-corrected chi connectivity index (χ1v) is 6.95. The standard InChI is InChI=1S/C15H22N2O3/c1-11-8-13(20-2)5-6-14(11)16-15(19)17-7-3-4-12(9-17)10-18/h5-6,8,12,18H,3-4,7,9-10H2,1-2H3,(H,16,19)/t12-/m1/s1. The molecule has 1 aromatic rings. The number of carbonyl (C=O) groups is 1. The molecule has 0 unspecified atom stereocenters. The van der Waals surface area contributed by atoms with Crippen LogP contribution in [0.3, 0.4) is 0 Å². The van der Waals surface area contributed by atoms with Crippen molar-refractivity contribution in [2.75, 3.05) is 32.1 Å². The van der Waals surface area contributed by atoms with E-state index in [2.05, 4.69) is 5.32 Å². The summed E-state index contributed by atoms with van der Waals surface area (Å²) in [5.41, 5.74) is 1.76. The number of anilines is 1. The largest absolute Gasteiger partial charge is 0.497 e. The number of ether oxygens (including phenoxy) is 1. The Morgan fingerprint density at radius 2 is 2.35 bits per heavy atom. The molecule has 1 aliphatic rings. The monoisotopic (exact) mass is 278 g/mol. The Morgan fingerprint density at radius 3 is 3.00 bits per heavy atom. The van der Waals surface area contributed by atoms with Gasteiger partial charge in [0.2, 0.25) is 0 Å². The van der Waals surface area contributed by atoms with Gasteiger partial charge >= 0.3 is 6.03 Å². The fourth-order valence-corrected chi connectivity index (χ4v) is 2.50. The van der Waals surface area contributed by atoms with E-state index >= 15 is 0 Å². The lowest BCUT2D eigenvalue weighted by atomic mass is 9.99. The van der Waals surface area contributed by atoms with Crippen LogP contribution in [0.5, 0.6) is 5.75 Å². The molecule has 0 radical (unpaired) electrons. The van der Waals surface area contributed by atoms with Gasteiger partial charge < -0.3 is 20.1 Å². The van der Waals surface area contributed by atoms with Gasteiger partial charge in [-0.25, -0.2) is 4.79 Å². The molecule has 2 N–H and O–H groups in total. The molecule has 1 saturated heterocycles. The number of benzene rings is 1. The second kappa shape index (κ2) is 6.61. The number of amides is 2. The number of nitrogens with one attached hydrogen (secondary N) is 1. The van der Waals surface area contributed by atoms with Crippen LogP contribution in [0.15, 0.2) is 18.2 Å². The molecule has 1 fully saturated rings. The van der Waals surface area contributed by atoms with E-state index < -0.39 is 0 Å². The van der Waals surface area contributed by atoms with Crippen LogP contribution in [0.25, 0.3) is 0 Å². The van der Waals surface area contributed by atoms with Crippen LogP contribution >= 0.6 is 0 Å². The third-order valence-corrected chi connectivity index (χ3v) is 3.74. The molecule has 1 aliphatic heterocycles. The summed E-state index contributed by atoms with van der Waals surface area (Å²) in [6.45, 7) is 3.45. The van der Waals surface area contributed by atoms with E-state index in [0.29, 0.717) is 6.54 Å². The topological polar surface area (TPSA) is 61.8 Å². The highest BCUT2D eigenvalue weighted by Crippen LogP contribution is 2.22. The minimum absolute atomic E-state index is 0.101. The highest BCUT2D eigenvalue weighted by molar-refractivity contribution is 5.90. The predicted molar refractivity (Wildman–Crippen MR) is 78.1 cm³/mol. The summed E-state index contributed by atoms with van der Waals surface area (Å²) in [7, 11) is 1.62. The first-order valence-electron chi connectivity index (χ1n) is 6.95. The maximum Gasteiger partial charge on any atom is 0.321 e. The SMILES string of the molecule is COc1ccc(NC(=O)N2CCC[C@@H](CO)C2)c(C)c1. The van der Waals surface area contributed by atoms with Gasteiger partial charge in [-0.1, -0.05) is 0 Å². The van der Waals surface area contributed by atoms with Crippen molar-refractivity contribution in [1.82, 2.24) is 4.90 Å². The molecule has 110 valence electrons. The predicted octanol–water partition coefficient (Wildman–Crippen LogP) is 2.24. The number of likely N-dealkylation sites (tertiary alicyclic amines) is 1. The van der Waals surface area contributed by atoms with Crippen molar-refractivity contribution in [3.63, 3.8) is 0 Å². The lowest BCUT2D eigenvalue weighted by molar-refractivity contribution is 0.136. The summed E-state index contributed by atoms with van der Waals surface area (Å²) >= 11 is 0. The van der Waals surface area contributed by atoms with Crippen LogP contribution in [0.1, 0.15) is 18.4 Å². The molecule has 2 amide bonds. The van der Waals surface area contributed by atoms with Crippen molar-refractivity contribution >= 4 is 11.7 Å². The Labute approximate surface area is 119 Å². The Hall–Kier alpha value is -1.75. The van der Waals surface area contributed by atoms with Gasteiger partial charge in [0, 0.05) is 25.4 Å². The van der Waals surface area contributed by atoms with Crippen molar-refractivity contribution in [2.45, 2.75) is 19.8 Å². The van der Waals surface area contributed by atoms with Crippen molar-refractivity contribution in [3.05, 3.63) is 23.8 Å². The van der Waals surface area contributed by atoms with E-state index in [0.717, 1.165) is 36.4 Å². The molecule has 5 nitrogen and oxygen atoms in total. The molecular weight excluding hydrogens is 256 g/mol. The zero-order valence-electron chi connectivity index (χ0n) is 12.1. The van der Waals surface area contributed by atoms with Gasteiger partial charge in [0.05, 0.1) is 7.11 Å². The van der Waals surface area contributed by atoms with Crippen molar-refractivity contribution in [3.8, 4) is 5.75 Å². The van der Waals surface area contributed by atoms with E-state index in [1.54, 1.807) is 12.0 Å². The van der Waals surface area contributed by atoms with E-state index in [-0.39, 0.29) is 18.6 Å². The van der Waals surface area contributed by atoms with Gasteiger partial charge in [0.1, 0.15) is 5.75 Å². The van der Waals surface area contributed by atoms with Crippen molar-refractivity contribution in [1.29, 1.82) is 0 Å². The number of carbonyl (C=O) groups excluding carboxylic acids is 1. The van der Waals surface area contributed by atoms with Gasteiger partial charge in [-0.2, -0.15) is 0 Å². The minimum Gasteiger partial charge on any atom is -0.497 e. The number of rotatable bonds is 3. The van der Waals surface area contributed by atoms with Gasteiger partial charge in [-0.05, 0) is 49.4 Å². The summed E-state index contributed by atoms with van der Waals surface area (Å²) < 4.78 is 5.15. The Bertz CT molecular complexity index is 476. The normalized spacial score (nSPS) is 18.8. The quantitative estimate of drug-likeness (QED) is 0.891. The Kier molecular flexibility index (Phi) is 4.84. The zero-order chi connectivity index (χ0) is 14.5. The lowest BCUT2D eigenvalue weighted by Crippen LogP contribution is -2.43. The van der Waals surface area contributed by atoms with E-state index in [9.17, 15) is 9.90 Å². The lowest BCUT2D eigenvalue weighted by Gasteiger charge is -2.32. The van der Waals surface area contributed by atoms with Gasteiger partial charge in [0.25, 0.3) is 0 Å². The highest BCUT2D eigenvalue weighted by Gasteiger charge is 2.23. The second-order valence-corrected chi connectivity index (χ2v) is 5.25. The number of piperidine rings is 1. The number of urea groups is 1. The van der Waals surface area contributed by atoms with Crippen molar-refractivity contribution < 1.29 is 14.6 Å². The van der Waals surface area contributed by atoms with Crippen LogP contribution < -0.4 is 10.1 Å². The molecular formula is C15H22N2O3. The molecule has 2 rings (SSSR count). The van der Waals surface area contributed by atoms with Crippen LogP contribution in [-0.4, -0.2) is 42.8 Å². The van der Waals surface area contributed by atoms with E-state index in [4.69, 9.17) is 4.74 Å². The fourth-order valence-electron chi connectivity index (χ4n) is 2.50. The molecule has 0 spiro atoms. The van der Waals surface area contributed by atoms with Crippen LogP contribution in [0, 0.1) is 12.8 Å².